The monoisotopic (exact) mass is 261 g/mol. The van der Waals surface area contributed by atoms with Gasteiger partial charge in [0.15, 0.2) is 0 Å². The van der Waals surface area contributed by atoms with Gasteiger partial charge < -0.3 is 4.90 Å². The van der Waals surface area contributed by atoms with Crippen molar-refractivity contribution < 1.29 is 0 Å². The molecule has 0 unspecified atom stereocenters. The highest BCUT2D eigenvalue weighted by Gasteiger charge is 2.00. The van der Waals surface area contributed by atoms with E-state index < -0.39 is 0 Å². The Morgan fingerprint density at radius 2 is 2.15 bits per heavy atom. The van der Waals surface area contributed by atoms with Crippen molar-refractivity contribution >= 4 is 27.5 Å². The minimum atomic E-state index is 0.767. The van der Waals surface area contributed by atoms with Crippen LogP contribution in [0.4, 0.5) is 0 Å². The van der Waals surface area contributed by atoms with Gasteiger partial charge in [0.2, 0.25) is 0 Å². The zero-order valence-corrected chi connectivity index (χ0v) is 10.2. The summed E-state index contributed by atoms with van der Waals surface area (Å²) in [6.45, 7) is 4.16. The molecule has 0 radical (unpaired) electrons. The minimum Gasteiger partial charge on any atom is -0.302 e. The molecule has 0 aliphatic rings. The highest BCUT2D eigenvalue weighted by Crippen LogP contribution is 2.23. The molecule has 1 nitrogen and oxygen atoms in total. The van der Waals surface area contributed by atoms with E-state index in [9.17, 15) is 0 Å². The lowest BCUT2D eigenvalue weighted by Gasteiger charge is -2.13. The van der Waals surface area contributed by atoms with E-state index in [4.69, 9.17) is 11.6 Å². The first-order valence-electron chi connectivity index (χ1n) is 4.26. The van der Waals surface area contributed by atoms with E-state index in [1.54, 1.807) is 0 Å². The zero-order valence-electron chi connectivity index (χ0n) is 7.85. The van der Waals surface area contributed by atoms with E-state index >= 15 is 0 Å². The predicted octanol–water partition coefficient (Wildman–Crippen LogP) is 3.55. The smallest absolute Gasteiger partial charge is 0.0548 e. The van der Waals surface area contributed by atoms with Crippen molar-refractivity contribution in [2.75, 3.05) is 13.6 Å². The normalized spacial score (nSPS) is 10.8. The molecule has 0 aliphatic heterocycles. The van der Waals surface area contributed by atoms with Crippen LogP contribution in [0.3, 0.4) is 0 Å². The van der Waals surface area contributed by atoms with Crippen molar-refractivity contribution in [1.82, 2.24) is 4.90 Å². The van der Waals surface area contributed by atoms with Crippen molar-refractivity contribution in [3.8, 4) is 0 Å². The topological polar surface area (TPSA) is 3.24 Å². The molecular weight excluding hydrogens is 249 g/mol. The third-order valence-corrected chi connectivity index (χ3v) is 3.19. The van der Waals surface area contributed by atoms with Crippen molar-refractivity contribution in [3.63, 3.8) is 0 Å². The highest BCUT2D eigenvalue weighted by molar-refractivity contribution is 9.10. The third-order valence-electron chi connectivity index (χ3n) is 1.98. The Morgan fingerprint density at radius 3 is 2.69 bits per heavy atom. The van der Waals surface area contributed by atoms with Gasteiger partial charge in [-0.05, 0) is 47.2 Å². The van der Waals surface area contributed by atoms with Crippen molar-refractivity contribution in [2.24, 2.45) is 0 Å². The molecule has 0 spiro atoms. The lowest BCUT2D eigenvalue weighted by Crippen LogP contribution is -2.16. The first kappa shape index (κ1) is 11.0. The average Bonchev–Trinajstić information content (AvgIpc) is 2.11. The van der Waals surface area contributed by atoms with Gasteiger partial charge in [0.1, 0.15) is 0 Å². The maximum absolute atomic E-state index is 5.89. The number of benzene rings is 1. The van der Waals surface area contributed by atoms with E-state index in [-0.39, 0.29) is 0 Å². The van der Waals surface area contributed by atoms with Crippen LogP contribution in [0.5, 0.6) is 0 Å². The van der Waals surface area contributed by atoms with Gasteiger partial charge in [-0.2, -0.15) is 0 Å². The molecule has 0 aliphatic carbocycles. The van der Waals surface area contributed by atoms with Crippen molar-refractivity contribution in [3.05, 3.63) is 33.3 Å². The summed E-state index contributed by atoms with van der Waals surface area (Å²) in [5.41, 5.74) is 1.28. The van der Waals surface area contributed by atoms with Crippen LogP contribution in [0.1, 0.15) is 12.5 Å². The van der Waals surface area contributed by atoms with Gasteiger partial charge >= 0.3 is 0 Å². The zero-order chi connectivity index (χ0) is 9.84. The molecule has 1 aromatic rings. The first-order chi connectivity index (χ1) is 6.13. The molecule has 0 heterocycles. The molecule has 0 fully saturated rings. The summed E-state index contributed by atoms with van der Waals surface area (Å²) < 4.78 is 0.969. The fourth-order valence-corrected chi connectivity index (χ4v) is 1.61. The van der Waals surface area contributed by atoms with E-state index in [1.807, 2.05) is 6.07 Å². The molecule has 0 atom stereocenters. The summed E-state index contributed by atoms with van der Waals surface area (Å²) in [4.78, 5) is 2.25. The van der Waals surface area contributed by atoms with Crippen LogP contribution in [0, 0.1) is 0 Å². The number of halogens is 2. The molecule has 0 bridgehead atoms. The first-order valence-corrected chi connectivity index (χ1v) is 5.43. The van der Waals surface area contributed by atoms with Crippen LogP contribution in [0.25, 0.3) is 0 Å². The molecule has 72 valence electrons. The van der Waals surface area contributed by atoms with Crippen molar-refractivity contribution in [1.29, 1.82) is 0 Å². The largest absolute Gasteiger partial charge is 0.302 e. The number of rotatable bonds is 3. The molecule has 0 saturated heterocycles. The van der Waals surface area contributed by atoms with Gasteiger partial charge in [-0.3, -0.25) is 0 Å². The summed E-state index contributed by atoms with van der Waals surface area (Å²) in [5.74, 6) is 0. The summed E-state index contributed by atoms with van der Waals surface area (Å²) >= 11 is 9.30. The van der Waals surface area contributed by atoms with Crippen LogP contribution >= 0.6 is 27.5 Å². The quantitative estimate of drug-likeness (QED) is 0.805. The van der Waals surface area contributed by atoms with Gasteiger partial charge in [0.25, 0.3) is 0 Å². The lowest BCUT2D eigenvalue weighted by molar-refractivity contribution is 0.346. The molecule has 0 N–H and O–H groups in total. The number of nitrogens with zero attached hydrogens (tertiary/aromatic N) is 1. The van der Waals surface area contributed by atoms with E-state index in [0.717, 1.165) is 22.6 Å². The van der Waals surface area contributed by atoms with Gasteiger partial charge in [-0.25, -0.2) is 0 Å². The van der Waals surface area contributed by atoms with Gasteiger partial charge in [0.05, 0.1) is 5.02 Å². The van der Waals surface area contributed by atoms with Crippen LogP contribution in [-0.2, 0) is 6.54 Å². The Labute approximate surface area is 92.8 Å². The maximum atomic E-state index is 5.89. The maximum Gasteiger partial charge on any atom is 0.0548 e. The molecule has 13 heavy (non-hydrogen) atoms. The Balaban J connectivity index is 2.73. The molecule has 0 saturated carbocycles. The van der Waals surface area contributed by atoms with E-state index in [0.29, 0.717) is 0 Å². The lowest BCUT2D eigenvalue weighted by atomic mass is 10.2. The van der Waals surface area contributed by atoms with Gasteiger partial charge in [-0.1, -0.05) is 24.6 Å². The third kappa shape index (κ3) is 3.29. The van der Waals surface area contributed by atoms with Gasteiger partial charge in [0, 0.05) is 11.0 Å². The Hall–Kier alpha value is -0.0500. The van der Waals surface area contributed by atoms with Gasteiger partial charge in [-0.15, -0.1) is 0 Å². The van der Waals surface area contributed by atoms with Crippen LogP contribution in [-0.4, -0.2) is 18.5 Å². The number of hydrogen-bond acceptors (Lipinski definition) is 1. The second-order valence-corrected chi connectivity index (χ2v) is 4.34. The SMILES string of the molecule is CCN(C)Cc1ccc(Cl)c(Br)c1. The summed E-state index contributed by atoms with van der Waals surface area (Å²) in [5, 5.41) is 0.767. The number of hydrogen-bond donors (Lipinski definition) is 0. The van der Waals surface area contributed by atoms with E-state index in [1.165, 1.54) is 5.56 Å². The fourth-order valence-electron chi connectivity index (χ4n) is 1.06. The second-order valence-electron chi connectivity index (χ2n) is 3.08. The summed E-state index contributed by atoms with van der Waals surface area (Å²) in [6.07, 6.45) is 0. The second kappa shape index (κ2) is 4.99. The fraction of sp³-hybridized carbons (Fsp3) is 0.400. The van der Waals surface area contributed by atoms with Crippen LogP contribution in [0.2, 0.25) is 5.02 Å². The summed E-state index contributed by atoms with van der Waals surface area (Å²) in [6, 6.07) is 6.04. The molecule has 1 rings (SSSR count). The Morgan fingerprint density at radius 1 is 1.46 bits per heavy atom. The molecule has 0 amide bonds. The molecule has 1 aromatic carbocycles. The average molecular weight is 263 g/mol. The van der Waals surface area contributed by atoms with Crippen LogP contribution in [0.15, 0.2) is 22.7 Å². The molecular formula is C10H13BrClN. The van der Waals surface area contributed by atoms with Crippen molar-refractivity contribution in [2.45, 2.75) is 13.5 Å². The minimum absolute atomic E-state index is 0.767. The Bertz CT molecular complexity index is 288. The Kier molecular flexibility index (Phi) is 4.23. The highest BCUT2D eigenvalue weighted by atomic mass is 79.9. The predicted molar refractivity (Wildman–Crippen MR) is 61.2 cm³/mol. The standard InChI is InChI=1S/C10H13BrClN/c1-3-13(2)7-8-4-5-10(12)9(11)6-8/h4-6H,3,7H2,1-2H3. The summed E-state index contributed by atoms with van der Waals surface area (Å²) in [7, 11) is 2.10. The molecule has 3 heteroatoms. The molecule has 0 aromatic heterocycles. The van der Waals surface area contributed by atoms with Crippen LogP contribution < -0.4 is 0 Å². The van der Waals surface area contributed by atoms with E-state index in [2.05, 4.69) is 46.9 Å².